The van der Waals surface area contributed by atoms with E-state index in [1.807, 2.05) is 24.3 Å². The van der Waals surface area contributed by atoms with Gasteiger partial charge >= 0.3 is 12.1 Å². The Morgan fingerprint density at radius 2 is 1.51 bits per heavy atom. The first-order chi connectivity index (χ1) is 17.3. The SMILES string of the molecule is CC(C)(C)CC(Nc1ccc(C(=O)NCCC(=O)O)cn1)c1ccc(-c2ccc(C(F)(F)F)cc2)cc1. The van der Waals surface area contributed by atoms with Gasteiger partial charge in [0.1, 0.15) is 5.82 Å². The fourth-order valence-electron chi connectivity index (χ4n) is 3.80. The van der Waals surface area contributed by atoms with Gasteiger partial charge in [0.05, 0.1) is 23.6 Å². The molecule has 1 amide bonds. The number of rotatable bonds is 9. The fourth-order valence-corrected chi connectivity index (χ4v) is 3.80. The molecule has 6 nitrogen and oxygen atoms in total. The number of pyridine rings is 1. The molecule has 0 saturated heterocycles. The average molecular weight is 514 g/mol. The fraction of sp³-hybridized carbons (Fsp3) is 0.321. The molecule has 0 spiro atoms. The van der Waals surface area contributed by atoms with E-state index in [-0.39, 0.29) is 24.4 Å². The van der Waals surface area contributed by atoms with E-state index in [4.69, 9.17) is 5.11 Å². The molecule has 3 aromatic rings. The third-order valence-corrected chi connectivity index (χ3v) is 5.65. The second kappa shape index (κ2) is 11.5. The number of halogens is 3. The minimum absolute atomic E-state index is 0.0201. The number of aliphatic carboxylic acids is 1. The zero-order chi connectivity index (χ0) is 27.2. The Bertz CT molecular complexity index is 1200. The van der Waals surface area contributed by atoms with Crippen LogP contribution >= 0.6 is 0 Å². The molecule has 9 heteroatoms. The van der Waals surface area contributed by atoms with E-state index >= 15 is 0 Å². The number of nitrogens with one attached hydrogen (secondary N) is 2. The number of amides is 1. The van der Waals surface area contributed by atoms with Crippen LogP contribution in [0.2, 0.25) is 0 Å². The van der Waals surface area contributed by atoms with E-state index < -0.39 is 23.6 Å². The van der Waals surface area contributed by atoms with Gasteiger partial charge in [0.15, 0.2) is 0 Å². The highest BCUT2D eigenvalue weighted by molar-refractivity contribution is 5.94. The molecule has 0 aliphatic rings. The highest BCUT2D eigenvalue weighted by atomic mass is 19.4. The summed E-state index contributed by atoms with van der Waals surface area (Å²) in [4.78, 5) is 27.1. The van der Waals surface area contributed by atoms with E-state index in [1.165, 1.54) is 18.3 Å². The normalized spacial score (nSPS) is 12.6. The first-order valence-electron chi connectivity index (χ1n) is 11.8. The Kier molecular flexibility index (Phi) is 8.57. The highest BCUT2D eigenvalue weighted by Crippen LogP contribution is 2.34. The largest absolute Gasteiger partial charge is 0.481 e. The van der Waals surface area contributed by atoms with Gasteiger partial charge in [0.2, 0.25) is 0 Å². The Balaban J connectivity index is 1.74. The maximum Gasteiger partial charge on any atom is 0.416 e. The molecular weight excluding hydrogens is 483 g/mol. The van der Waals surface area contributed by atoms with E-state index in [9.17, 15) is 22.8 Å². The van der Waals surface area contributed by atoms with Crippen LogP contribution in [0, 0.1) is 5.41 Å². The Morgan fingerprint density at radius 1 is 0.919 bits per heavy atom. The molecule has 1 heterocycles. The van der Waals surface area contributed by atoms with E-state index in [0.717, 1.165) is 29.7 Å². The van der Waals surface area contributed by atoms with Crippen LogP contribution < -0.4 is 10.6 Å². The molecule has 0 aliphatic carbocycles. The molecule has 0 bridgehead atoms. The molecule has 37 heavy (non-hydrogen) atoms. The molecule has 3 rings (SSSR count). The summed E-state index contributed by atoms with van der Waals surface area (Å²) in [6, 6.07) is 15.9. The smallest absolute Gasteiger partial charge is 0.416 e. The molecule has 196 valence electrons. The predicted octanol–water partition coefficient (Wildman–Crippen LogP) is 6.56. The molecular formula is C28H30F3N3O3. The lowest BCUT2D eigenvalue weighted by Gasteiger charge is -2.28. The summed E-state index contributed by atoms with van der Waals surface area (Å²) in [7, 11) is 0. The maximum atomic E-state index is 12.9. The molecule has 0 aliphatic heterocycles. The number of carbonyl (C=O) groups excluding carboxylic acids is 1. The zero-order valence-corrected chi connectivity index (χ0v) is 20.9. The quantitative estimate of drug-likeness (QED) is 0.301. The van der Waals surface area contributed by atoms with Crippen LogP contribution in [0.5, 0.6) is 0 Å². The van der Waals surface area contributed by atoms with Crippen LogP contribution in [-0.2, 0) is 11.0 Å². The predicted molar refractivity (Wildman–Crippen MR) is 136 cm³/mol. The van der Waals surface area contributed by atoms with Crippen molar-refractivity contribution in [2.24, 2.45) is 5.41 Å². The van der Waals surface area contributed by atoms with Gasteiger partial charge in [-0.3, -0.25) is 9.59 Å². The van der Waals surface area contributed by atoms with Gasteiger partial charge in [0, 0.05) is 12.7 Å². The number of aromatic nitrogens is 1. The number of hydrogen-bond acceptors (Lipinski definition) is 4. The molecule has 0 radical (unpaired) electrons. The molecule has 2 aromatic carbocycles. The lowest BCUT2D eigenvalue weighted by Crippen LogP contribution is -2.26. The van der Waals surface area contributed by atoms with Gasteiger partial charge in [-0.05, 0) is 52.8 Å². The first kappa shape index (κ1) is 27.7. The number of benzene rings is 2. The van der Waals surface area contributed by atoms with Gasteiger partial charge in [-0.25, -0.2) is 4.98 Å². The second-order valence-corrected chi connectivity index (χ2v) is 9.99. The molecule has 0 fully saturated rings. The van der Waals surface area contributed by atoms with Crippen LogP contribution in [0.25, 0.3) is 11.1 Å². The van der Waals surface area contributed by atoms with Gasteiger partial charge < -0.3 is 15.7 Å². The van der Waals surface area contributed by atoms with Gasteiger partial charge in [0.25, 0.3) is 5.91 Å². The van der Waals surface area contributed by atoms with Crippen molar-refractivity contribution in [3.63, 3.8) is 0 Å². The van der Waals surface area contributed by atoms with Crippen LogP contribution in [0.1, 0.15) is 61.1 Å². The number of carbonyl (C=O) groups is 2. The van der Waals surface area contributed by atoms with Gasteiger partial charge in [-0.2, -0.15) is 13.2 Å². The summed E-state index contributed by atoms with van der Waals surface area (Å²) in [6.07, 6.45) is -2.33. The number of alkyl halides is 3. The van der Waals surface area contributed by atoms with Crippen LogP contribution in [-0.4, -0.2) is 28.5 Å². The molecule has 0 saturated carbocycles. The van der Waals surface area contributed by atoms with Crippen molar-refractivity contribution >= 4 is 17.7 Å². The Labute approximate surface area is 213 Å². The topological polar surface area (TPSA) is 91.3 Å². The lowest BCUT2D eigenvalue weighted by atomic mass is 9.85. The Morgan fingerprint density at radius 3 is 2.00 bits per heavy atom. The summed E-state index contributed by atoms with van der Waals surface area (Å²) >= 11 is 0. The van der Waals surface area contributed by atoms with Crippen molar-refractivity contribution in [1.29, 1.82) is 0 Å². The van der Waals surface area contributed by atoms with Crippen molar-refractivity contribution < 1.29 is 27.9 Å². The van der Waals surface area contributed by atoms with Crippen molar-refractivity contribution in [1.82, 2.24) is 10.3 Å². The van der Waals surface area contributed by atoms with Crippen LogP contribution in [0.15, 0.2) is 66.9 Å². The first-order valence-corrected chi connectivity index (χ1v) is 11.8. The van der Waals surface area contributed by atoms with Crippen LogP contribution in [0.4, 0.5) is 19.0 Å². The third-order valence-electron chi connectivity index (χ3n) is 5.65. The summed E-state index contributed by atoms with van der Waals surface area (Å²) in [5.74, 6) is -0.816. The number of anilines is 1. The molecule has 1 atom stereocenters. The summed E-state index contributed by atoms with van der Waals surface area (Å²) in [5, 5.41) is 14.6. The van der Waals surface area contributed by atoms with Crippen molar-refractivity contribution in [3.8, 4) is 11.1 Å². The number of carboxylic acid groups (broad SMARTS) is 1. The minimum atomic E-state index is -4.37. The third kappa shape index (κ3) is 8.34. The standard InChI is InChI=1S/C28H30F3N3O3/c1-27(2,3)16-23(34-24-13-10-21(17-33-24)26(37)32-15-14-25(35)36)20-6-4-18(5-7-20)19-8-11-22(12-9-19)28(29,30)31/h4-13,17,23H,14-16H2,1-3H3,(H,32,37)(H,33,34)(H,35,36). The monoisotopic (exact) mass is 513 g/mol. The van der Waals surface area contributed by atoms with Gasteiger partial charge in [-0.15, -0.1) is 0 Å². The molecule has 3 N–H and O–H groups in total. The summed E-state index contributed by atoms with van der Waals surface area (Å²) in [6.45, 7) is 6.40. The van der Waals surface area contributed by atoms with Crippen LogP contribution in [0.3, 0.4) is 0 Å². The van der Waals surface area contributed by atoms with Crippen molar-refractivity contribution in [3.05, 3.63) is 83.6 Å². The van der Waals surface area contributed by atoms with E-state index in [2.05, 4.69) is 36.4 Å². The minimum Gasteiger partial charge on any atom is -0.481 e. The second-order valence-electron chi connectivity index (χ2n) is 9.99. The summed E-state index contributed by atoms with van der Waals surface area (Å²) in [5.41, 5.74) is 2.11. The average Bonchev–Trinajstić information content (AvgIpc) is 2.82. The van der Waals surface area contributed by atoms with E-state index in [1.54, 1.807) is 12.1 Å². The van der Waals surface area contributed by atoms with Gasteiger partial charge in [-0.1, -0.05) is 57.2 Å². The lowest BCUT2D eigenvalue weighted by molar-refractivity contribution is -0.138. The van der Waals surface area contributed by atoms with Crippen molar-refractivity contribution in [2.75, 3.05) is 11.9 Å². The van der Waals surface area contributed by atoms with Crippen molar-refractivity contribution in [2.45, 2.75) is 45.8 Å². The number of carboxylic acids is 1. The number of nitrogens with zero attached hydrogens (tertiary/aromatic N) is 1. The van der Waals surface area contributed by atoms with E-state index in [0.29, 0.717) is 16.9 Å². The molecule has 1 aromatic heterocycles. The maximum absolute atomic E-state index is 12.9. The summed E-state index contributed by atoms with van der Waals surface area (Å²) < 4.78 is 38.6. The zero-order valence-electron chi connectivity index (χ0n) is 20.9. The highest BCUT2D eigenvalue weighted by Gasteiger charge is 2.30. The number of hydrogen-bond donors (Lipinski definition) is 3. The molecule has 1 unspecified atom stereocenters. The Hall–Kier alpha value is -3.88.